The van der Waals surface area contributed by atoms with Crippen molar-refractivity contribution in [3.63, 3.8) is 0 Å². The van der Waals surface area contributed by atoms with E-state index in [0.29, 0.717) is 5.25 Å². The molecule has 0 saturated heterocycles. The van der Waals surface area contributed by atoms with E-state index >= 15 is 0 Å². The van der Waals surface area contributed by atoms with Crippen molar-refractivity contribution in [3.05, 3.63) is 49.4 Å². The van der Waals surface area contributed by atoms with Crippen LogP contribution in [0.4, 0.5) is 0 Å². The van der Waals surface area contributed by atoms with Crippen molar-refractivity contribution in [2.45, 2.75) is 31.6 Å². The summed E-state index contributed by atoms with van der Waals surface area (Å²) in [6, 6.07) is 5.92. The summed E-state index contributed by atoms with van der Waals surface area (Å²) in [6.07, 6.45) is 10.0. The van der Waals surface area contributed by atoms with Crippen molar-refractivity contribution >= 4 is 11.8 Å². The molecule has 106 valence electrons. The molecular formula is C16H21N3S. The SMILES string of the molecule is C=CCSC(C)CCCn1ccnc1-c1ccccn1. The van der Waals surface area contributed by atoms with Gasteiger partial charge in [0.15, 0.2) is 5.82 Å². The molecule has 3 nitrogen and oxygen atoms in total. The van der Waals surface area contributed by atoms with E-state index in [1.807, 2.05) is 54.6 Å². The van der Waals surface area contributed by atoms with E-state index in [0.717, 1.165) is 30.2 Å². The first-order valence-corrected chi connectivity index (χ1v) is 8.01. The zero-order chi connectivity index (χ0) is 14.2. The van der Waals surface area contributed by atoms with Crippen LogP contribution in [0.1, 0.15) is 19.8 Å². The van der Waals surface area contributed by atoms with Gasteiger partial charge in [-0.2, -0.15) is 11.8 Å². The quantitative estimate of drug-likeness (QED) is 0.687. The number of nitrogens with zero attached hydrogens (tertiary/aromatic N) is 3. The third-order valence-corrected chi connectivity index (χ3v) is 4.35. The van der Waals surface area contributed by atoms with Crippen LogP contribution in [0.5, 0.6) is 0 Å². The van der Waals surface area contributed by atoms with E-state index in [-0.39, 0.29) is 0 Å². The molecule has 1 unspecified atom stereocenters. The van der Waals surface area contributed by atoms with Gasteiger partial charge < -0.3 is 4.57 Å². The van der Waals surface area contributed by atoms with Gasteiger partial charge >= 0.3 is 0 Å². The Bertz CT molecular complexity index is 522. The summed E-state index contributed by atoms with van der Waals surface area (Å²) in [4.78, 5) is 8.78. The van der Waals surface area contributed by atoms with E-state index < -0.39 is 0 Å². The molecule has 0 fully saturated rings. The molecule has 0 aliphatic carbocycles. The average Bonchev–Trinajstić information content (AvgIpc) is 2.94. The minimum absolute atomic E-state index is 0.676. The Morgan fingerprint density at radius 1 is 1.35 bits per heavy atom. The van der Waals surface area contributed by atoms with Gasteiger partial charge in [0.1, 0.15) is 5.69 Å². The Hall–Kier alpha value is -1.55. The van der Waals surface area contributed by atoms with Crippen LogP contribution in [-0.4, -0.2) is 25.5 Å². The predicted octanol–water partition coefficient (Wildman–Crippen LogP) is 4.03. The second-order valence-corrected chi connectivity index (χ2v) is 6.21. The van der Waals surface area contributed by atoms with Crippen LogP contribution in [-0.2, 0) is 6.54 Å². The summed E-state index contributed by atoms with van der Waals surface area (Å²) in [5.41, 5.74) is 0.937. The van der Waals surface area contributed by atoms with Gasteiger partial charge in [-0.15, -0.1) is 6.58 Å². The lowest BCUT2D eigenvalue weighted by molar-refractivity contribution is 0.611. The van der Waals surface area contributed by atoms with Crippen molar-refractivity contribution in [3.8, 4) is 11.5 Å². The summed E-state index contributed by atoms with van der Waals surface area (Å²) >= 11 is 1.96. The monoisotopic (exact) mass is 287 g/mol. The molecule has 0 bridgehead atoms. The van der Waals surface area contributed by atoms with Gasteiger partial charge in [-0.05, 0) is 25.0 Å². The first kappa shape index (κ1) is 14.9. The highest BCUT2D eigenvalue weighted by Gasteiger charge is 2.07. The van der Waals surface area contributed by atoms with Crippen molar-refractivity contribution in [1.82, 2.24) is 14.5 Å². The largest absolute Gasteiger partial charge is 0.330 e. The standard InChI is InChI=1S/C16H21N3S/c1-3-13-20-14(2)7-6-11-19-12-10-18-16(19)15-8-4-5-9-17-15/h3-5,8-10,12,14H,1,6-7,11,13H2,2H3. The summed E-state index contributed by atoms with van der Waals surface area (Å²) in [6.45, 7) is 7.03. The van der Waals surface area contributed by atoms with Gasteiger partial charge in [0.05, 0.1) is 0 Å². The Balaban J connectivity index is 1.88. The molecule has 0 amide bonds. The molecule has 4 heteroatoms. The third-order valence-electron chi connectivity index (χ3n) is 3.12. The molecule has 2 aromatic heterocycles. The smallest absolute Gasteiger partial charge is 0.158 e. The van der Waals surface area contributed by atoms with Crippen LogP contribution in [0, 0.1) is 0 Å². The second-order valence-electron chi connectivity index (χ2n) is 4.73. The highest BCUT2D eigenvalue weighted by molar-refractivity contribution is 8.00. The fourth-order valence-corrected chi connectivity index (χ4v) is 2.88. The van der Waals surface area contributed by atoms with E-state index in [4.69, 9.17) is 0 Å². The van der Waals surface area contributed by atoms with Crippen molar-refractivity contribution < 1.29 is 0 Å². The molecule has 0 saturated carbocycles. The Morgan fingerprint density at radius 3 is 3.00 bits per heavy atom. The second kappa shape index (κ2) is 7.90. The van der Waals surface area contributed by atoms with Crippen molar-refractivity contribution in [2.75, 3.05) is 5.75 Å². The zero-order valence-electron chi connectivity index (χ0n) is 11.9. The van der Waals surface area contributed by atoms with Crippen molar-refractivity contribution in [2.24, 2.45) is 0 Å². The maximum atomic E-state index is 4.42. The zero-order valence-corrected chi connectivity index (χ0v) is 12.7. The van der Waals surface area contributed by atoms with Crippen LogP contribution in [0.2, 0.25) is 0 Å². The van der Waals surface area contributed by atoms with E-state index in [1.54, 1.807) is 0 Å². The van der Waals surface area contributed by atoms with Crippen LogP contribution < -0.4 is 0 Å². The Labute approximate surface area is 125 Å². The summed E-state index contributed by atoms with van der Waals surface area (Å²) in [7, 11) is 0. The summed E-state index contributed by atoms with van der Waals surface area (Å²) < 4.78 is 2.19. The number of thioether (sulfide) groups is 1. The molecule has 2 aromatic rings. The van der Waals surface area contributed by atoms with Gasteiger partial charge in [-0.3, -0.25) is 4.98 Å². The number of pyridine rings is 1. The maximum absolute atomic E-state index is 4.42. The third kappa shape index (κ3) is 4.23. The number of aromatic nitrogens is 3. The van der Waals surface area contributed by atoms with E-state index in [2.05, 4.69) is 28.0 Å². The molecular weight excluding hydrogens is 266 g/mol. The lowest BCUT2D eigenvalue weighted by Crippen LogP contribution is -2.04. The van der Waals surface area contributed by atoms with Crippen LogP contribution in [0.15, 0.2) is 49.4 Å². The molecule has 0 aliphatic rings. The van der Waals surface area contributed by atoms with E-state index in [9.17, 15) is 0 Å². The van der Waals surface area contributed by atoms with E-state index in [1.165, 1.54) is 6.42 Å². The average molecular weight is 287 g/mol. The molecule has 0 N–H and O–H groups in total. The fraction of sp³-hybridized carbons (Fsp3) is 0.375. The number of hydrogen-bond donors (Lipinski definition) is 0. The number of imidazole rings is 1. The Kier molecular flexibility index (Phi) is 5.87. The molecule has 2 rings (SSSR count). The first-order chi connectivity index (χ1) is 9.81. The molecule has 0 aromatic carbocycles. The minimum Gasteiger partial charge on any atom is -0.330 e. The van der Waals surface area contributed by atoms with Gasteiger partial charge in [-0.25, -0.2) is 4.98 Å². The highest BCUT2D eigenvalue weighted by Crippen LogP contribution is 2.18. The lowest BCUT2D eigenvalue weighted by Gasteiger charge is -2.11. The molecule has 1 atom stereocenters. The minimum atomic E-state index is 0.676. The summed E-state index contributed by atoms with van der Waals surface area (Å²) in [5, 5.41) is 0.676. The molecule has 0 aliphatic heterocycles. The van der Waals surface area contributed by atoms with Crippen LogP contribution >= 0.6 is 11.8 Å². The molecule has 0 spiro atoms. The van der Waals surface area contributed by atoms with Gasteiger partial charge in [0.25, 0.3) is 0 Å². The Morgan fingerprint density at radius 2 is 2.25 bits per heavy atom. The molecule has 2 heterocycles. The topological polar surface area (TPSA) is 30.7 Å². The molecule has 20 heavy (non-hydrogen) atoms. The van der Waals surface area contributed by atoms with Crippen LogP contribution in [0.3, 0.4) is 0 Å². The lowest BCUT2D eigenvalue weighted by atomic mass is 10.2. The molecule has 0 radical (unpaired) electrons. The normalized spacial score (nSPS) is 12.2. The first-order valence-electron chi connectivity index (χ1n) is 6.96. The maximum Gasteiger partial charge on any atom is 0.158 e. The van der Waals surface area contributed by atoms with Crippen LogP contribution in [0.25, 0.3) is 11.5 Å². The van der Waals surface area contributed by atoms with Gasteiger partial charge in [0.2, 0.25) is 0 Å². The van der Waals surface area contributed by atoms with Crippen molar-refractivity contribution in [1.29, 1.82) is 0 Å². The number of aryl methyl sites for hydroxylation is 1. The number of rotatable bonds is 8. The summed E-state index contributed by atoms with van der Waals surface area (Å²) in [5.74, 6) is 1.99. The predicted molar refractivity (Wildman–Crippen MR) is 86.8 cm³/mol. The van der Waals surface area contributed by atoms with Gasteiger partial charge in [-0.1, -0.05) is 19.1 Å². The highest BCUT2D eigenvalue weighted by atomic mass is 32.2. The van der Waals surface area contributed by atoms with Gasteiger partial charge in [0, 0.05) is 36.1 Å². The number of hydrogen-bond acceptors (Lipinski definition) is 3. The fourth-order valence-electron chi connectivity index (χ4n) is 2.08.